The van der Waals surface area contributed by atoms with Gasteiger partial charge in [0.05, 0.1) is 31.1 Å². The van der Waals surface area contributed by atoms with Crippen LogP contribution in [-0.4, -0.2) is 68.9 Å². The molecule has 0 radical (unpaired) electrons. The summed E-state index contributed by atoms with van der Waals surface area (Å²) in [6.07, 6.45) is 3.05. The standard InChI is InChI=1S/C18H25ClN6O3/c1-18(2,3)28-17(26)25-5-6-27-13(11-25)9-20-14-7-15(19)22-23-16(14)12-8-21-24(4)10-12/h7-8,10,13H,5-6,9,11H2,1-4H3,(H,20,22). The van der Waals surface area contributed by atoms with E-state index in [9.17, 15) is 4.79 Å². The first-order chi connectivity index (χ1) is 13.2. The number of anilines is 1. The van der Waals surface area contributed by atoms with E-state index in [4.69, 9.17) is 21.1 Å². The van der Waals surface area contributed by atoms with Gasteiger partial charge < -0.3 is 19.7 Å². The van der Waals surface area contributed by atoms with Crippen LogP contribution in [0.15, 0.2) is 18.5 Å². The number of carbonyl (C=O) groups is 1. The third kappa shape index (κ3) is 5.32. The number of ether oxygens (including phenoxy) is 2. The van der Waals surface area contributed by atoms with Crippen LogP contribution >= 0.6 is 11.6 Å². The first-order valence-electron chi connectivity index (χ1n) is 9.07. The Hall–Kier alpha value is -2.39. The average Bonchev–Trinajstić information content (AvgIpc) is 3.05. The van der Waals surface area contributed by atoms with Crippen LogP contribution in [0.4, 0.5) is 10.5 Å². The molecule has 1 unspecified atom stereocenters. The van der Waals surface area contributed by atoms with Crippen LogP contribution in [0.2, 0.25) is 5.15 Å². The second-order valence-corrected chi connectivity index (χ2v) is 8.02. The van der Waals surface area contributed by atoms with E-state index < -0.39 is 5.60 Å². The number of rotatable bonds is 4. The van der Waals surface area contributed by atoms with Crippen molar-refractivity contribution < 1.29 is 14.3 Å². The fourth-order valence-electron chi connectivity index (χ4n) is 2.82. The number of amides is 1. The molecule has 28 heavy (non-hydrogen) atoms. The van der Waals surface area contributed by atoms with E-state index in [0.717, 1.165) is 11.3 Å². The van der Waals surface area contributed by atoms with Crippen molar-refractivity contribution in [2.75, 3.05) is 31.6 Å². The van der Waals surface area contributed by atoms with Crippen molar-refractivity contribution in [1.29, 1.82) is 0 Å². The molecule has 0 spiro atoms. The normalized spacial score (nSPS) is 17.5. The van der Waals surface area contributed by atoms with E-state index >= 15 is 0 Å². The molecule has 10 heteroatoms. The van der Waals surface area contributed by atoms with Gasteiger partial charge in [-0.1, -0.05) is 11.6 Å². The molecule has 1 atom stereocenters. The highest BCUT2D eigenvalue weighted by atomic mass is 35.5. The molecular formula is C18H25ClN6O3. The lowest BCUT2D eigenvalue weighted by atomic mass is 10.2. The Bertz CT molecular complexity index is 835. The summed E-state index contributed by atoms with van der Waals surface area (Å²) in [5.74, 6) is 0. The molecule has 1 N–H and O–H groups in total. The molecule has 0 aliphatic carbocycles. The van der Waals surface area contributed by atoms with E-state index in [1.165, 1.54) is 0 Å². The lowest BCUT2D eigenvalue weighted by molar-refractivity contribution is -0.0371. The second-order valence-electron chi connectivity index (χ2n) is 7.63. The Morgan fingerprint density at radius 2 is 2.21 bits per heavy atom. The van der Waals surface area contributed by atoms with Crippen molar-refractivity contribution in [2.24, 2.45) is 7.05 Å². The summed E-state index contributed by atoms with van der Waals surface area (Å²) < 4.78 is 12.9. The van der Waals surface area contributed by atoms with Crippen LogP contribution in [0, 0.1) is 0 Å². The van der Waals surface area contributed by atoms with Crippen molar-refractivity contribution in [3.05, 3.63) is 23.6 Å². The van der Waals surface area contributed by atoms with Gasteiger partial charge in [-0.15, -0.1) is 10.2 Å². The predicted molar refractivity (Wildman–Crippen MR) is 105 cm³/mol. The topological polar surface area (TPSA) is 94.4 Å². The number of carbonyl (C=O) groups excluding carboxylic acids is 1. The average molecular weight is 409 g/mol. The summed E-state index contributed by atoms with van der Waals surface area (Å²) >= 11 is 6.02. The number of halogens is 1. The lowest BCUT2D eigenvalue weighted by Crippen LogP contribution is -2.49. The van der Waals surface area contributed by atoms with Crippen LogP contribution in [0.1, 0.15) is 20.8 Å². The molecule has 2 aromatic heterocycles. The monoisotopic (exact) mass is 408 g/mol. The van der Waals surface area contributed by atoms with Gasteiger partial charge in [0.25, 0.3) is 0 Å². The van der Waals surface area contributed by atoms with Gasteiger partial charge in [0, 0.05) is 38.0 Å². The molecule has 9 nitrogen and oxygen atoms in total. The van der Waals surface area contributed by atoms with Gasteiger partial charge in [0.15, 0.2) is 5.15 Å². The third-order valence-electron chi connectivity index (χ3n) is 4.05. The minimum Gasteiger partial charge on any atom is -0.444 e. The molecule has 1 fully saturated rings. The van der Waals surface area contributed by atoms with Gasteiger partial charge >= 0.3 is 6.09 Å². The first-order valence-corrected chi connectivity index (χ1v) is 9.45. The van der Waals surface area contributed by atoms with E-state index in [1.54, 1.807) is 21.8 Å². The van der Waals surface area contributed by atoms with Crippen LogP contribution < -0.4 is 5.32 Å². The summed E-state index contributed by atoms with van der Waals surface area (Å²) in [7, 11) is 1.83. The zero-order valence-corrected chi connectivity index (χ0v) is 17.2. The number of aryl methyl sites for hydroxylation is 1. The molecule has 0 aromatic carbocycles. The number of hydrogen-bond donors (Lipinski definition) is 1. The molecule has 0 saturated carbocycles. The molecule has 152 valence electrons. The van der Waals surface area contributed by atoms with Crippen molar-refractivity contribution in [3.63, 3.8) is 0 Å². The highest BCUT2D eigenvalue weighted by Gasteiger charge is 2.28. The largest absolute Gasteiger partial charge is 0.444 e. The minimum atomic E-state index is -0.527. The first kappa shape index (κ1) is 20.3. The maximum absolute atomic E-state index is 12.3. The Labute approximate surface area is 169 Å². The smallest absolute Gasteiger partial charge is 0.410 e. The number of nitrogens with one attached hydrogen (secondary N) is 1. The van der Waals surface area contributed by atoms with Gasteiger partial charge in [-0.2, -0.15) is 5.10 Å². The van der Waals surface area contributed by atoms with Gasteiger partial charge in [-0.05, 0) is 20.8 Å². The second kappa shape index (κ2) is 8.32. The van der Waals surface area contributed by atoms with Crippen molar-refractivity contribution in [2.45, 2.75) is 32.5 Å². The van der Waals surface area contributed by atoms with E-state index in [-0.39, 0.29) is 17.4 Å². The highest BCUT2D eigenvalue weighted by Crippen LogP contribution is 2.26. The Balaban J connectivity index is 1.65. The van der Waals surface area contributed by atoms with Crippen molar-refractivity contribution in [3.8, 4) is 11.3 Å². The van der Waals surface area contributed by atoms with Crippen molar-refractivity contribution in [1.82, 2.24) is 24.9 Å². The van der Waals surface area contributed by atoms with E-state index in [1.807, 2.05) is 34.0 Å². The summed E-state index contributed by atoms with van der Waals surface area (Å²) in [4.78, 5) is 14.0. The summed E-state index contributed by atoms with van der Waals surface area (Å²) in [6, 6.07) is 1.71. The molecule has 1 amide bonds. The summed E-state index contributed by atoms with van der Waals surface area (Å²) in [6.45, 7) is 7.44. The maximum atomic E-state index is 12.3. The zero-order chi connectivity index (χ0) is 20.3. The molecule has 1 aliphatic heterocycles. The molecule has 3 heterocycles. The quantitative estimate of drug-likeness (QED) is 0.830. The zero-order valence-electron chi connectivity index (χ0n) is 16.5. The van der Waals surface area contributed by atoms with Gasteiger partial charge in [0.1, 0.15) is 11.3 Å². The highest BCUT2D eigenvalue weighted by molar-refractivity contribution is 6.29. The van der Waals surface area contributed by atoms with Crippen molar-refractivity contribution >= 4 is 23.4 Å². The third-order valence-corrected chi connectivity index (χ3v) is 4.24. The van der Waals surface area contributed by atoms with Crippen LogP contribution in [0.3, 0.4) is 0 Å². The Morgan fingerprint density at radius 3 is 2.89 bits per heavy atom. The van der Waals surface area contributed by atoms with Gasteiger partial charge in [-0.3, -0.25) is 4.68 Å². The lowest BCUT2D eigenvalue weighted by Gasteiger charge is -2.34. The SMILES string of the molecule is Cn1cc(-c2nnc(Cl)cc2NCC2CN(C(=O)OC(C)(C)C)CCO2)cn1. The number of aromatic nitrogens is 4. The van der Waals surface area contributed by atoms with Gasteiger partial charge in [-0.25, -0.2) is 4.79 Å². The number of nitrogens with zero attached hydrogens (tertiary/aromatic N) is 5. The predicted octanol–water partition coefficient (Wildman–Crippen LogP) is 2.58. The number of hydrogen-bond acceptors (Lipinski definition) is 7. The molecule has 3 rings (SSSR count). The molecule has 1 saturated heterocycles. The van der Waals surface area contributed by atoms with Crippen LogP contribution in [0.5, 0.6) is 0 Å². The molecule has 0 bridgehead atoms. The molecule has 1 aliphatic rings. The van der Waals surface area contributed by atoms with E-state index in [0.29, 0.717) is 31.9 Å². The van der Waals surface area contributed by atoms with Gasteiger partial charge in [0.2, 0.25) is 0 Å². The molecular weight excluding hydrogens is 384 g/mol. The minimum absolute atomic E-state index is 0.185. The fraction of sp³-hybridized carbons (Fsp3) is 0.556. The summed E-state index contributed by atoms with van der Waals surface area (Å²) in [5, 5.41) is 15.9. The Morgan fingerprint density at radius 1 is 1.43 bits per heavy atom. The van der Waals surface area contributed by atoms with Crippen LogP contribution in [-0.2, 0) is 16.5 Å². The Kier molecular flexibility index (Phi) is 6.04. The summed E-state index contributed by atoms with van der Waals surface area (Å²) in [5.41, 5.74) is 1.68. The maximum Gasteiger partial charge on any atom is 0.410 e. The molecule has 2 aromatic rings. The van der Waals surface area contributed by atoms with Crippen LogP contribution in [0.25, 0.3) is 11.3 Å². The number of morpholine rings is 1. The van der Waals surface area contributed by atoms with E-state index in [2.05, 4.69) is 20.6 Å². The fourth-order valence-corrected chi connectivity index (χ4v) is 2.97.